The molecular weight excluding hydrogens is 298 g/mol. The van der Waals surface area contributed by atoms with Gasteiger partial charge in [0.1, 0.15) is 11.4 Å². The second kappa shape index (κ2) is 4.91. The van der Waals surface area contributed by atoms with Crippen LogP contribution in [-0.4, -0.2) is 15.1 Å². The van der Waals surface area contributed by atoms with Crippen LogP contribution in [0.25, 0.3) is 11.1 Å². The van der Waals surface area contributed by atoms with Crippen LogP contribution in [0.4, 0.5) is 0 Å². The van der Waals surface area contributed by atoms with Gasteiger partial charge in [-0.15, -0.1) is 0 Å². The lowest BCUT2D eigenvalue weighted by Gasteiger charge is -2.08. The topological polar surface area (TPSA) is 92.0 Å². The Morgan fingerprint density at radius 1 is 1.39 bits per heavy atom. The van der Waals surface area contributed by atoms with Gasteiger partial charge in [-0.1, -0.05) is 28.1 Å². The van der Waals surface area contributed by atoms with E-state index in [2.05, 4.69) is 25.9 Å². The monoisotopic (exact) mass is 309 g/mol. The molecule has 2 aromatic rings. The lowest BCUT2D eigenvalue weighted by Crippen LogP contribution is -2.18. The molecule has 18 heavy (non-hydrogen) atoms. The molecule has 0 spiro atoms. The van der Waals surface area contributed by atoms with Crippen LogP contribution in [0, 0.1) is 0 Å². The molecule has 0 aliphatic rings. The summed E-state index contributed by atoms with van der Waals surface area (Å²) in [7, 11) is 0. The van der Waals surface area contributed by atoms with Gasteiger partial charge in [0.05, 0.1) is 6.04 Å². The average Bonchev–Trinajstić information content (AvgIpc) is 2.30. The van der Waals surface area contributed by atoms with Gasteiger partial charge in [0.15, 0.2) is 0 Å². The normalized spacial score (nSPS) is 12.4. The van der Waals surface area contributed by atoms with Gasteiger partial charge in [0.25, 0.3) is 5.56 Å². The largest absolute Gasteiger partial charge is 0.493 e. The minimum absolute atomic E-state index is 0.145. The van der Waals surface area contributed by atoms with E-state index in [0.717, 1.165) is 4.47 Å². The minimum Gasteiger partial charge on any atom is -0.493 e. The maximum atomic E-state index is 11.9. The smallest absolute Gasteiger partial charge is 0.262 e. The molecule has 0 aliphatic carbocycles. The van der Waals surface area contributed by atoms with E-state index in [4.69, 9.17) is 5.73 Å². The Morgan fingerprint density at radius 2 is 2.00 bits per heavy atom. The zero-order chi connectivity index (χ0) is 13.3. The number of aromatic hydroxyl groups is 1. The van der Waals surface area contributed by atoms with Crippen LogP contribution in [0.2, 0.25) is 0 Å². The third-order valence-corrected chi connectivity index (χ3v) is 3.01. The molecule has 0 saturated carbocycles. The summed E-state index contributed by atoms with van der Waals surface area (Å²) in [6, 6.07) is 6.58. The number of H-pyrrole nitrogens is 1. The fourth-order valence-corrected chi connectivity index (χ4v) is 1.84. The number of hydrogen-bond donors (Lipinski definition) is 3. The zero-order valence-corrected chi connectivity index (χ0v) is 11.2. The van der Waals surface area contributed by atoms with Gasteiger partial charge in [0, 0.05) is 4.47 Å². The van der Waals surface area contributed by atoms with E-state index >= 15 is 0 Å². The van der Waals surface area contributed by atoms with Crippen LogP contribution in [0.5, 0.6) is 5.88 Å². The van der Waals surface area contributed by atoms with Gasteiger partial charge in [0.2, 0.25) is 5.88 Å². The van der Waals surface area contributed by atoms with Crippen molar-refractivity contribution in [3.8, 4) is 17.0 Å². The predicted molar refractivity (Wildman–Crippen MR) is 72.3 cm³/mol. The van der Waals surface area contributed by atoms with Crippen LogP contribution >= 0.6 is 15.9 Å². The quantitative estimate of drug-likeness (QED) is 0.790. The van der Waals surface area contributed by atoms with Gasteiger partial charge in [-0.3, -0.25) is 4.79 Å². The number of aromatic amines is 1. The molecule has 0 fully saturated rings. The number of aromatic nitrogens is 2. The molecule has 0 radical (unpaired) electrons. The number of nitrogens with one attached hydrogen (secondary N) is 1. The highest BCUT2D eigenvalue weighted by molar-refractivity contribution is 9.10. The second-order valence-electron chi connectivity index (χ2n) is 3.95. The highest BCUT2D eigenvalue weighted by atomic mass is 79.9. The summed E-state index contributed by atoms with van der Waals surface area (Å²) in [5, 5.41) is 9.85. The first-order chi connectivity index (χ1) is 8.49. The summed E-state index contributed by atoms with van der Waals surface area (Å²) in [4.78, 5) is 18.4. The second-order valence-corrected chi connectivity index (χ2v) is 4.86. The first-order valence-corrected chi connectivity index (χ1v) is 6.13. The number of halogens is 1. The Labute approximate surface area is 112 Å². The van der Waals surface area contributed by atoms with E-state index in [-0.39, 0.29) is 17.3 Å². The van der Waals surface area contributed by atoms with Crippen molar-refractivity contribution in [2.75, 3.05) is 0 Å². The molecule has 0 aliphatic heterocycles. The first-order valence-electron chi connectivity index (χ1n) is 5.33. The molecule has 5 nitrogen and oxygen atoms in total. The summed E-state index contributed by atoms with van der Waals surface area (Å²) in [6.07, 6.45) is 0. The van der Waals surface area contributed by atoms with Crippen LogP contribution in [0.1, 0.15) is 18.8 Å². The molecule has 1 aromatic heterocycles. The third-order valence-electron chi connectivity index (χ3n) is 2.48. The number of nitrogens with two attached hydrogens (primary N) is 1. The van der Waals surface area contributed by atoms with Crippen LogP contribution in [0.3, 0.4) is 0 Å². The Hall–Kier alpha value is -1.66. The first kappa shape index (κ1) is 12.8. The molecule has 1 heterocycles. The molecule has 2 rings (SSSR count). The van der Waals surface area contributed by atoms with Crippen molar-refractivity contribution in [1.82, 2.24) is 9.97 Å². The lowest BCUT2D eigenvalue weighted by atomic mass is 10.1. The van der Waals surface area contributed by atoms with E-state index in [1.165, 1.54) is 0 Å². The SMILES string of the molecule is CC(N)c1nc(O)c(-c2ccc(Br)cc2)c(=O)[nH]1. The van der Waals surface area contributed by atoms with Gasteiger partial charge < -0.3 is 15.8 Å². The molecule has 4 N–H and O–H groups in total. The highest BCUT2D eigenvalue weighted by Gasteiger charge is 2.14. The molecule has 1 unspecified atom stereocenters. The highest BCUT2D eigenvalue weighted by Crippen LogP contribution is 2.25. The number of nitrogens with zero attached hydrogens (tertiary/aromatic N) is 1. The van der Waals surface area contributed by atoms with Crippen LogP contribution < -0.4 is 11.3 Å². The molecule has 94 valence electrons. The Kier molecular flexibility index (Phi) is 3.49. The standard InChI is InChI=1S/C12H12BrN3O2/c1-6(14)10-15-11(17)9(12(18)16-10)7-2-4-8(13)5-3-7/h2-6H,14H2,1H3,(H2,15,16,17,18). The molecule has 6 heteroatoms. The number of rotatable bonds is 2. The number of hydrogen-bond acceptors (Lipinski definition) is 4. The Bertz CT molecular complexity index is 620. The van der Waals surface area contributed by atoms with Crippen molar-refractivity contribution < 1.29 is 5.11 Å². The Balaban J connectivity index is 2.59. The van der Waals surface area contributed by atoms with Crippen molar-refractivity contribution in [2.45, 2.75) is 13.0 Å². The maximum Gasteiger partial charge on any atom is 0.262 e. The van der Waals surface area contributed by atoms with Gasteiger partial charge in [-0.25, -0.2) is 0 Å². The van der Waals surface area contributed by atoms with Crippen LogP contribution in [-0.2, 0) is 0 Å². The van der Waals surface area contributed by atoms with E-state index in [0.29, 0.717) is 5.56 Å². The van der Waals surface area contributed by atoms with E-state index in [1.54, 1.807) is 31.2 Å². The van der Waals surface area contributed by atoms with Crippen molar-refractivity contribution in [2.24, 2.45) is 5.73 Å². The van der Waals surface area contributed by atoms with Gasteiger partial charge in [-0.05, 0) is 24.6 Å². The van der Waals surface area contributed by atoms with Crippen molar-refractivity contribution >= 4 is 15.9 Å². The van der Waals surface area contributed by atoms with E-state index in [1.807, 2.05) is 0 Å². The molecule has 0 saturated heterocycles. The maximum absolute atomic E-state index is 11.9. The van der Waals surface area contributed by atoms with Gasteiger partial charge >= 0.3 is 0 Å². The molecule has 0 bridgehead atoms. The summed E-state index contributed by atoms with van der Waals surface area (Å²) >= 11 is 3.31. The Morgan fingerprint density at radius 3 is 2.50 bits per heavy atom. The van der Waals surface area contributed by atoms with Gasteiger partial charge in [-0.2, -0.15) is 4.98 Å². The third kappa shape index (κ3) is 2.44. The van der Waals surface area contributed by atoms with Crippen molar-refractivity contribution in [3.63, 3.8) is 0 Å². The molecule has 1 atom stereocenters. The summed E-state index contributed by atoms with van der Waals surface area (Å²) < 4.78 is 0.891. The predicted octanol–water partition coefficient (Wildman–Crippen LogP) is 1.92. The zero-order valence-electron chi connectivity index (χ0n) is 9.64. The van der Waals surface area contributed by atoms with E-state index in [9.17, 15) is 9.90 Å². The van der Waals surface area contributed by atoms with Crippen molar-refractivity contribution in [1.29, 1.82) is 0 Å². The number of benzene rings is 1. The summed E-state index contributed by atoms with van der Waals surface area (Å²) in [5.74, 6) is -0.0493. The summed E-state index contributed by atoms with van der Waals surface area (Å²) in [6.45, 7) is 1.68. The van der Waals surface area contributed by atoms with E-state index < -0.39 is 11.6 Å². The summed E-state index contributed by atoms with van der Waals surface area (Å²) in [5.41, 5.74) is 5.95. The fraction of sp³-hybridized carbons (Fsp3) is 0.167. The fourth-order valence-electron chi connectivity index (χ4n) is 1.57. The average molecular weight is 310 g/mol. The molecular formula is C12H12BrN3O2. The minimum atomic E-state index is -0.442. The van der Waals surface area contributed by atoms with Crippen LogP contribution in [0.15, 0.2) is 33.5 Å². The molecule has 0 amide bonds. The van der Waals surface area contributed by atoms with Crippen molar-refractivity contribution in [3.05, 3.63) is 44.9 Å². The molecule has 1 aromatic carbocycles. The lowest BCUT2D eigenvalue weighted by molar-refractivity contribution is 0.447.